The first kappa shape index (κ1) is 16.5. The summed E-state index contributed by atoms with van der Waals surface area (Å²) < 4.78 is 0. The molecule has 0 aromatic rings. The van der Waals surface area contributed by atoms with Crippen molar-refractivity contribution < 1.29 is 0 Å². The summed E-state index contributed by atoms with van der Waals surface area (Å²) >= 11 is 0. The van der Waals surface area contributed by atoms with E-state index in [1.807, 2.05) is 0 Å². The number of unbranched alkanes of at least 4 members (excludes halogenated alkanes) is 3. The normalized spacial score (nSPS) is 6.75. The number of hydrogen-bond donors (Lipinski definition) is 0. The van der Waals surface area contributed by atoms with Crippen molar-refractivity contribution in [1.29, 1.82) is 0 Å². The first-order valence-electron chi connectivity index (χ1n) is 2.91. The van der Waals surface area contributed by atoms with E-state index in [2.05, 4.69) is 13.8 Å². The molecule has 0 aliphatic heterocycles. The summed E-state index contributed by atoms with van der Waals surface area (Å²) in [5.74, 6) is 0. The molecule has 0 atom stereocenters. The predicted octanol–water partition coefficient (Wildman–Crippen LogP) is 1.29. The van der Waals surface area contributed by atoms with Gasteiger partial charge in [-0.05, 0) is 0 Å². The van der Waals surface area contributed by atoms with Crippen LogP contribution in [-0.4, -0.2) is 59.1 Å². The number of rotatable bonds is 3. The fraction of sp³-hybridized carbons (Fsp3) is 1.00. The maximum absolute atomic E-state index is 2.23. The van der Waals surface area contributed by atoms with Gasteiger partial charge in [0.2, 0.25) is 0 Å². The van der Waals surface area contributed by atoms with Gasteiger partial charge in [-0.3, -0.25) is 0 Å². The Labute approximate surface area is 97.4 Å². The molecule has 0 aliphatic carbocycles. The van der Waals surface area contributed by atoms with E-state index in [0.29, 0.717) is 0 Å². The summed E-state index contributed by atoms with van der Waals surface area (Å²) in [4.78, 5) is 0. The van der Waals surface area contributed by atoms with Gasteiger partial charge in [-0.25, -0.2) is 0 Å². The average molecular weight is 134 g/mol. The van der Waals surface area contributed by atoms with Crippen molar-refractivity contribution in [2.75, 3.05) is 0 Å². The van der Waals surface area contributed by atoms with Crippen LogP contribution in [0, 0.1) is 0 Å². The van der Waals surface area contributed by atoms with E-state index >= 15 is 0 Å². The van der Waals surface area contributed by atoms with Crippen LogP contribution in [0.1, 0.15) is 39.5 Å². The summed E-state index contributed by atoms with van der Waals surface area (Å²) in [7, 11) is 0. The molecular formula is C6H16Na2. The molecule has 0 heterocycles. The summed E-state index contributed by atoms with van der Waals surface area (Å²) in [5.41, 5.74) is 0. The van der Waals surface area contributed by atoms with Crippen molar-refractivity contribution >= 4 is 59.1 Å². The minimum absolute atomic E-state index is 0. The van der Waals surface area contributed by atoms with Gasteiger partial charge in [0.25, 0.3) is 0 Å². The summed E-state index contributed by atoms with van der Waals surface area (Å²) in [6.07, 6.45) is 5.54. The van der Waals surface area contributed by atoms with Crippen molar-refractivity contribution in [3.05, 3.63) is 0 Å². The second kappa shape index (κ2) is 16.0. The Hall–Kier alpha value is 2.00. The van der Waals surface area contributed by atoms with E-state index in [0.717, 1.165) is 0 Å². The Balaban J connectivity index is -0.000000125. The molecule has 0 rings (SSSR count). The van der Waals surface area contributed by atoms with Crippen LogP contribution in [0.25, 0.3) is 0 Å². The molecule has 0 saturated heterocycles. The third-order valence-electron chi connectivity index (χ3n) is 0.957. The van der Waals surface area contributed by atoms with Crippen LogP contribution >= 0.6 is 0 Å². The van der Waals surface area contributed by atoms with Crippen molar-refractivity contribution in [1.82, 2.24) is 0 Å². The third kappa shape index (κ3) is 15.7. The van der Waals surface area contributed by atoms with Crippen LogP contribution in [0.15, 0.2) is 0 Å². The summed E-state index contributed by atoms with van der Waals surface area (Å²) in [6, 6.07) is 0. The average Bonchev–Trinajstić information content (AvgIpc) is 1.61. The first-order valence-corrected chi connectivity index (χ1v) is 2.91. The van der Waals surface area contributed by atoms with Crippen molar-refractivity contribution in [2.24, 2.45) is 0 Å². The Bertz CT molecular complexity index is 18.5. The van der Waals surface area contributed by atoms with E-state index in [1.54, 1.807) is 0 Å². The molecule has 0 radical (unpaired) electrons. The van der Waals surface area contributed by atoms with Gasteiger partial charge in [-0.15, -0.1) is 0 Å². The Morgan fingerprint density at radius 1 is 0.750 bits per heavy atom. The van der Waals surface area contributed by atoms with Gasteiger partial charge in [0.1, 0.15) is 0 Å². The van der Waals surface area contributed by atoms with Crippen LogP contribution in [0.3, 0.4) is 0 Å². The maximum atomic E-state index is 2.23. The van der Waals surface area contributed by atoms with Crippen LogP contribution in [0.2, 0.25) is 0 Å². The van der Waals surface area contributed by atoms with Gasteiger partial charge in [0.15, 0.2) is 0 Å². The molecule has 0 spiro atoms. The summed E-state index contributed by atoms with van der Waals surface area (Å²) in [5, 5.41) is 0. The van der Waals surface area contributed by atoms with Gasteiger partial charge in [0.05, 0.1) is 0 Å². The molecule has 0 fully saturated rings. The fourth-order valence-corrected chi connectivity index (χ4v) is 0.500. The minimum atomic E-state index is 0. The second-order valence-corrected chi connectivity index (χ2v) is 1.71. The molecule has 0 bridgehead atoms. The van der Waals surface area contributed by atoms with Crippen LogP contribution in [0.4, 0.5) is 0 Å². The van der Waals surface area contributed by atoms with Crippen molar-refractivity contribution in [3.8, 4) is 0 Å². The van der Waals surface area contributed by atoms with Gasteiger partial charge in [-0.2, -0.15) is 0 Å². The monoisotopic (exact) mass is 134 g/mol. The third-order valence-corrected chi connectivity index (χ3v) is 0.957. The van der Waals surface area contributed by atoms with E-state index in [4.69, 9.17) is 0 Å². The molecule has 0 unspecified atom stereocenters. The Kier molecular flexibility index (Phi) is 33.1. The standard InChI is InChI=1S/C6H14.2Na.2H/c1-3-5-6-4-2;;;;/h3-6H2,1-2H3;;;;. The van der Waals surface area contributed by atoms with Crippen LogP contribution in [0.5, 0.6) is 0 Å². The van der Waals surface area contributed by atoms with E-state index in [-0.39, 0.29) is 59.1 Å². The SMILES string of the molecule is CCCCCC.[NaH].[NaH]. The van der Waals surface area contributed by atoms with Gasteiger partial charge in [-0.1, -0.05) is 39.5 Å². The zero-order chi connectivity index (χ0) is 4.83. The zero-order valence-electron chi connectivity index (χ0n) is 4.83. The quantitative estimate of drug-likeness (QED) is 0.403. The predicted molar refractivity (Wildman–Crippen MR) is 44.1 cm³/mol. The topological polar surface area (TPSA) is 0 Å². The summed E-state index contributed by atoms with van der Waals surface area (Å²) in [6.45, 7) is 4.46. The van der Waals surface area contributed by atoms with Gasteiger partial charge < -0.3 is 0 Å². The molecule has 0 amide bonds. The first-order chi connectivity index (χ1) is 2.91. The van der Waals surface area contributed by atoms with Gasteiger partial charge >= 0.3 is 59.1 Å². The molecule has 0 N–H and O–H groups in total. The van der Waals surface area contributed by atoms with E-state index < -0.39 is 0 Å². The van der Waals surface area contributed by atoms with Crippen molar-refractivity contribution in [3.63, 3.8) is 0 Å². The zero-order valence-corrected chi connectivity index (χ0v) is 4.83. The van der Waals surface area contributed by atoms with Gasteiger partial charge in [0, 0.05) is 0 Å². The molecule has 8 heavy (non-hydrogen) atoms. The second-order valence-electron chi connectivity index (χ2n) is 1.71. The Morgan fingerprint density at radius 3 is 1.12 bits per heavy atom. The van der Waals surface area contributed by atoms with Crippen molar-refractivity contribution in [2.45, 2.75) is 39.5 Å². The fourth-order valence-electron chi connectivity index (χ4n) is 0.500. The molecular weight excluding hydrogens is 118 g/mol. The molecule has 0 saturated carbocycles. The molecule has 0 aromatic heterocycles. The molecule has 0 aliphatic rings. The molecule has 42 valence electrons. The van der Waals surface area contributed by atoms with E-state index in [9.17, 15) is 0 Å². The molecule has 0 nitrogen and oxygen atoms in total. The Morgan fingerprint density at radius 2 is 1.00 bits per heavy atom. The molecule has 0 aromatic carbocycles. The van der Waals surface area contributed by atoms with Crippen LogP contribution in [-0.2, 0) is 0 Å². The number of hydrogen-bond acceptors (Lipinski definition) is 0. The molecule has 2 heteroatoms. The van der Waals surface area contributed by atoms with E-state index in [1.165, 1.54) is 25.7 Å². The van der Waals surface area contributed by atoms with Crippen LogP contribution < -0.4 is 0 Å².